The second kappa shape index (κ2) is 5.78. The lowest BCUT2D eigenvalue weighted by atomic mass is 10.0. The Hall–Kier alpha value is -1.67. The number of aryl methyl sites for hydroxylation is 1. The van der Waals surface area contributed by atoms with Crippen LogP contribution in [0, 0.1) is 31.1 Å². The summed E-state index contributed by atoms with van der Waals surface area (Å²) in [6.45, 7) is 6.37. The van der Waals surface area contributed by atoms with Crippen LogP contribution in [0.4, 0.5) is 0 Å². The Balaban J connectivity index is 2.05. The van der Waals surface area contributed by atoms with E-state index in [1.165, 1.54) is 6.42 Å². The molecule has 1 fully saturated rings. The normalized spacial score (nSPS) is 19.3. The van der Waals surface area contributed by atoms with Crippen molar-refractivity contribution in [1.82, 2.24) is 15.5 Å². The van der Waals surface area contributed by atoms with Gasteiger partial charge in [0.1, 0.15) is 11.6 Å². The zero-order chi connectivity index (χ0) is 13.0. The van der Waals surface area contributed by atoms with E-state index in [1.54, 1.807) is 0 Å². The van der Waals surface area contributed by atoms with Crippen molar-refractivity contribution in [3.8, 4) is 11.9 Å². The van der Waals surface area contributed by atoms with Crippen molar-refractivity contribution in [3.05, 3.63) is 16.8 Å². The van der Waals surface area contributed by atoms with Crippen LogP contribution in [0.2, 0.25) is 0 Å². The molecule has 0 aromatic carbocycles. The van der Waals surface area contributed by atoms with E-state index >= 15 is 0 Å². The molecule has 1 aromatic rings. The smallest absolute Gasteiger partial charge is 0.251 e. The van der Waals surface area contributed by atoms with Crippen molar-refractivity contribution in [2.45, 2.75) is 26.7 Å². The predicted molar refractivity (Wildman–Crippen MR) is 67.3 cm³/mol. The first-order chi connectivity index (χ1) is 8.72. The van der Waals surface area contributed by atoms with Gasteiger partial charge in [-0.05, 0) is 38.8 Å². The fraction of sp³-hybridized carbons (Fsp3) is 0.615. The Labute approximate surface area is 107 Å². The van der Waals surface area contributed by atoms with Gasteiger partial charge >= 0.3 is 0 Å². The average molecular weight is 246 g/mol. The molecule has 0 saturated carbocycles. The van der Waals surface area contributed by atoms with Gasteiger partial charge in [-0.15, -0.1) is 5.10 Å². The van der Waals surface area contributed by atoms with Gasteiger partial charge in [0.15, 0.2) is 0 Å². The molecular weight excluding hydrogens is 228 g/mol. The molecule has 0 spiro atoms. The van der Waals surface area contributed by atoms with Crippen LogP contribution < -0.4 is 10.1 Å². The van der Waals surface area contributed by atoms with Gasteiger partial charge < -0.3 is 10.1 Å². The summed E-state index contributed by atoms with van der Waals surface area (Å²) in [6, 6.07) is 2.15. The molecule has 18 heavy (non-hydrogen) atoms. The quantitative estimate of drug-likeness (QED) is 0.871. The van der Waals surface area contributed by atoms with Gasteiger partial charge in [0.05, 0.1) is 12.3 Å². The van der Waals surface area contributed by atoms with Crippen LogP contribution in [0.1, 0.15) is 29.7 Å². The molecule has 96 valence electrons. The fourth-order valence-electron chi connectivity index (χ4n) is 2.08. The number of nitriles is 1. The van der Waals surface area contributed by atoms with Crippen molar-refractivity contribution in [1.29, 1.82) is 5.26 Å². The topological polar surface area (TPSA) is 70.8 Å². The Morgan fingerprint density at radius 3 is 2.94 bits per heavy atom. The Morgan fingerprint density at radius 2 is 2.28 bits per heavy atom. The third-order valence-electron chi connectivity index (χ3n) is 3.39. The lowest BCUT2D eigenvalue weighted by Crippen LogP contribution is -2.33. The zero-order valence-corrected chi connectivity index (χ0v) is 10.9. The van der Waals surface area contributed by atoms with Crippen LogP contribution in [-0.2, 0) is 0 Å². The molecule has 1 aliphatic rings. The third-order valence-corrected chi connectivity index (χ3v) is 3.39. The van der Waals surface area contributed by atoms with Crippen LogP contribution in [0.15, 0.2) is 0 Å². The number of ether oxygens (including phenoxy) is 1. The number of rotatable bonds is 3. The van der Waals surface area contributed by atoms with Gasteiger partial charge in [-0.2, -0.15) is 10.4 Å². The maximum absolute atomic E-state index is 9.15. The molecule has 1 unspecified atom stereocenters. The molecule has 0 aliphatic carbocycles. The van der Waals surface area contributed by atoms with E-state index in [9.17, 15) is 0 Å². The standard InChI is InChI=1S/C13H18N4O/c1-9-10(2)16-17-13(12(9)6-14)18-8-11-4-3-5-15-7-11/h11,15H,3-5,7-8H2,1-2H3. The second-order valence-electron chi connectivity index (χ2n) is 4.73. The van der Waals surface area contributed by atoms with E-state index in [2.05, 4.69) is 21.6 Å². The van der Waals surface area contributed by atoms with Gasteiger partial charge in [-0.25, -0.2) is 0 Å². The summed E-state index contributed by atoms with van der Waals surface area (Å²) in [4.78, 5) is 0. The summed E-state index contributed by atoms with van der Waals surface area (Å²) in [5.74, 6) is 0.861. The van der Waals surface area contributed by atoms with Crippen LogP contribution in [-0.4, -0.2) is 29.9 Å². The summed E-state index contributed by atoms with van der Waals surface area (Å²) in [6.07, 6.45) is 2.34. The molecule has 5 nitrogen and oxygen atoms in total. The van der Waals surface area contributed by atoms with E-state index < -0.39 is 0 Å². The first-order valence-electron chi connectivity index (χ1n) is 6.30. The number of nitrogens with one attached hydrogen (secondary N) is 1. The van der Waals surface area contributed by atoms with E-state index in [4.69, 9.17) is 10.00 Å². The number of aromatic nitrogens is 2. The van der Waals surface area contributed by atoms with Crippen LogP contribution in [0.5, 0.6) is 5.88 Å². The molecule has 2 heterocycles. The highest BCUT2D eigenvalue weighted by Crippen LogP contribution is 2.20. The van der Waals surface area contributed by atoms with Crippen molar-refractivity contribution in [3.63, 3.8) is 0 Å². The van der Waals surface area contributed by atoms with Gasteiger partial charge in [-0.1, -0.05) is 0 Å². The van der Waals surface area contributed by atoms with Crippen LogP contribution >= 0.6 is 0 Å². The average Bonchev–Trinajstić information content (AvgIpc) is 2.41. The van der Waals surface area contributed by atoms with E-state index in [0.717, 1.165) is 30.8 Å². The lowest BCUT2D eigenvalue weighted by molar-refractivity contribution is 0.209. The Kier molecular flexibility index (Phi) is 4.11. The van der Waals surface area contributed by atoms with Crippen molar-refractivity contribution in [2.75, 3.05) is 19.7 Å². The van der Waals surface area contributed by atoms with Crippen LogP contribution in [0.3, 0.4) is 0 Å². The summed E-state index contributed by atoms with van der Waals surface area (Å²) in [7, 11) is 0. The van der Waals surface area contributed by atoms with Gasteiger partial charge in [0.25, 0.3) is 5.88 Å². The molecule has 0 radical (unpaired) electrons. The maximum Gasteiger partial charge on any atom is 0.251 e. The van der Waals surface area contributed by atoms with Gasteiger partial charge in [0, 0.05) is 12.5 Å². The molecular formula is C13H18N4O. The predicted octanol–water partition coefficient (Wildman–Crippen LogP) is 1.34. The Bertz CT molecular complexity index is 461. The summed E-state index contributed by atoms with van der Waals surface area (Å²) in [5, 5.41) is 20.5. The minimum atomic E-state index is 0.367. The Morgan fingerprint density at radius 1 is 1.44 bits per heavy atom. The molecule has 5 heteroatoms. The zero-order valence-electron chi connectivity index (χ0n) is 10.9. The third kappa shape index (κ3) is 2.77. The number of hydrogen-bond acceptors (Lipinski definition) is 5. The highest BCUT2D eigenvalue weighted by Gasteiger charge is 2.16. The minimum Gasteiger partial charge on any atom is -0.475 e. The molecule has 1 N–H and O–H groups in total. The van der Waals surface area contributed by atoms with Gasteiger partial charge in [0.2, 0.25) is 0 Å². The molecule has 0 amide bonds. The van der Waals surface area contributed by atoms with Crippen molar-refractivity contribution >= 4 is 0 Å². The molecule has 2 rings (SSSR count). The number of hydrogen-bond donors (Lipinski definition) is 1. The molecule has 0 bridgehead atoms. The first-order valence-corrected chi connectivity index (χ1v) is 6.30. The van der Waals surface area contributed by atoms with Gasteiger partial charge in [-0.3, -0.25) is 0 Å². The monoisotopic (exact) mass is 246 g/mol. The molecule has 1 aromatic heterocycles. The van der Waals surface area contributed by atoms with Crippen LogP contribution in [0.25, 0.3) is 0 Å². The summed E-state index contributed by atoms with van der Waals surface area (Å²) in [5.41, 5.74) is 2.13. The second-order valence-corrected chi connectivity index (χ2v) is 4.73. The molecule has 1 aliphatic heterocycles. The SMILES string of the molecule is Cc1nnc(OCC2CCCNC2)c(C#N)c1C. The largest absolute Gasteiger partial charge is 0.475 e. The highest BCUT2D eigenvalue weighted by atomic mass is 16.5. The lowest BCUT2D eigenvalue weighted by Gasteiger charge is -2.22. The van der Waals surface area contributed by atoms with Crippen molar-refractivity contribution in [2.24, 2.45) is 5.92 Å². The highest BCUT2D eigenvalue weighted by molar-refractivity contribution is 5.44. The van der Waals surface area contributed by atoms with Crippen molar-refractivity contribution < 1.29 is 4.74 Å². The van der Waals surface area contributed by atoms with E-state index in [0.29, 0.717) is 24.0 Å². The minimum absolute atomic E-state index is 0.367. The molecule has 1 saturated heterocycles. The molecule has 1 atom stereocenters. The number of nitrogens with zero attached hydrogens (tertiary/aromatic N) is 3. The van der Waals surface area contributed by atoms with E-state index in [1.807, 2.05) is 13.8 Å². The summed E-state index contributed by atoms with van der Waals surface area (Å²) >= 11 is 0. The maximum atomic E-state index is 9.15. The van der Waals surface area contributed by atoms with E-state index in [-0.39, 0.29) is 0 Å². The first kappa shape index (κ1) is 12.8. The fourth-order valence-corrected chi connectivity index (χ4v) is 2.08. The number of piperidine rings is 1. The summed E-state index contributed by atoms with van der Waals surface area (Å²) < 4.78 is 5.67.